The molecule has 0 N–H and O–H groups in total. The van der Waals surface area contributed by atoms with Crippen LogP contribution in [0.4, 0.5) is 13.2 Å². The van der Waals surface area contributed by atoms with Crippen LogP contribution in [0.3, 0.4) is 0 Å². The van der Waals surface area contributed by atoms with E-state index in [0.29, 0.717) is 18.6 Å². The van der Waals surface area contributed by atoms with Crippen LogP contribution in [0.5, 0.6) is 6.01 Å². The molecule has 2 aromatic carbocycles. The van der Waals surface area contributed by atoms with Gasteiger partial charge in [-0.15, -0.1) is 5.10 Å². The van der Waals surface area contributed by atoms with Gasteiger partial charge < -0.3 is 4.74 Å². The largest absolute Gasteiger partial charge is 0.462 e. The second-order valence-corrected chi connectivity index (χ2v) is 8.19. The fraction of sp³-hybridized carbons (Fsp3) is 0.348. The molecular weight excluding hydrogens is 407 g/mol. The summed E-state index contributed by atoms with van der Waals surface area (Å²) in [6.45, 7) is 8.51. The van der Waals surface area contributed by atoms with Gasteiger partial charge in [-0.2, -0.15) is 22.8 Å². The number of hydrogen-bond acceptors (Lipinski definition) is 4. The van der Waals surface area contributed by atoms with Crippen LogP contribution in [0.15, 0.2) is 48.5 Å². The van der Waals surface area contributed by atoms with Crippen molar-refractivity contribution in [1.29, 1.82) is 0 Å². The zero-order valence-corrected chi connectivity index (χ0v) is 17.8. The number of carbonyl (C=O) groups excluding carboxylic acids is 1. The van der Waals surface area contributed by atoms with Crippen molar-refractivity contribution in [2.24, 2.45) is 0 Å². The van der Waals surface area contributed by atoms with Crippen molar-refractivity contribution in [2.45, 2.75) is 45.7 Å². The van der Waals surface area contributed by atoms with Gasteiger partial charge in [-0.3, -0.25) is 4.79 Å². The molecule has 0 bridgehead atoms. The second-order valence-electron chi connectivity index (χ2n) is 8.19. The van der Waals surface area contributed by atoms with E-state index in [0.717, 1.165) is 22.4 Å². The predicted octanol–water partition coefficient (Wildman–Crippen LogP) is 5.74. The Morgan fingerprint density at radius 1 is 1.03 bits per heavy atom. The molecule has 0 atom stereocenters. The SMILES string of the molecule is CCCOc1nc(-c2ccc(C(C)(C)C)cc2)n(C(=O)c2cccc(C(F)(F)F)c2)n1. The summed E-state index contributed by atoms with van der Waals surface area (Å²) < 4.78 is 45.7. The third-order valence-corrected chi connectivity index (χ3v) is 4.66. The third kappa shape index (κ3) is 5.13. The Bertz CT molecular complexity index is 1060. The highest BCUT2D eigenvalue weighted by Gasteiger charge is 2.31. The van der Waals surface area contributed by atoms with Gasteiger partial charge in [0.15, 0.2) is 5.82 Å². The fourth-order valence-electron chi connectivity index (χ4n) is 2.95. The molecule has 0 aliphatic carbocycles. The van der Waals surface area contributed by atoms with E-state index in [9.17, 15) is 18.0 Å². The van der Waals surface area contributed by atoms with E-state index in [1.54, 1.807) is 0 Å². The minimum atomic E-state index is -4.56. The fourth-order valence-corrected chi connectivity index (χ4v) is 2.95. The number of nitrogens with zero attached hydrogens (tertiary/aromatic N) is 3. The van der Waals surface area contributed by atoms with Gasteiger partial charge in [0.1, 0.15) is 0 Å². The number of halogens is 3. The van der Waals surface area contributed by atoms with E-state index >= 15 is 0 Å². The van der Waals surface area contributed by atoms with Crippen molar-refractivity contribution in [3.05, 3.63) is 65.2 Å². The van der Waals surface area contributed by atoms with E-state index in [1.165, 1.54) is 12.1 Å². The molecule has 0 saturated carbocycles. The number of aromatic nitrogens is 3. The van der Waals surface area contributed by atoms with E-state index in [2.05, 4.69) is 30.9 Å². The van der Waals surface area contributed by atoms with Crippen LogP contribution >= 0.6 is 0 Å². The number of ether oxygens (including phenoxy) is 1. The predicted molar refractivity (Wildman–Crippen MR) is 111 cm³/mol. The Morgan fingerprint density at radius 3 is 2.29 bits per heavy atom. The van der Waals surface area contributed by atoms with E-state index < -0.39 is 17.6 Å². The Kier molecular flexibility index (Phi) is 6.20. The topological polar surface area (TPSA) is 57.0 Å². The number of rotatable bonds is 5. The molecule has 0 saturated heterocycles. The molecule has 0 unspecified atom stereocenters. The Balaban J connectivity index is 2.05. The van der Waals surface area contributed by atoms with Gasteiger partial charge in [-0.05, 0) is 35.6 Å². The summed E-state index contributed by atoms with van der Waals surface area (Å²) in [7, 11) is 0. The molecule has 0 radical (unpaired) electrons. The van der Waals surface area contributed by atoms with Crippen molar-refractivity contribution >= 4 is 5.91 Å². The lowest BCUT2D eigenvalue weighted by Gasteiger charge is -2.19. The number of alkyl halides is 3. The van der Waals surface area contributed by atoms with Gasteiger partial charge in [0.2, 0.25) is 0 Å². The maximum Gasteiger partial charge on any atom is 0.416 e. The smallest absolute Gasteiger partial charge is 0.416 e. The third-order valence-electron chi connectivity index (χ3n) is 4.66. The first-order valence-electron chi connectivity index (χ1n) is 9.93. The lowest BCUT2D eigenvalue weighted by molar-refractivity contribution is -0.137. The Labute approximate surface area is 178 Å². The quantitative estimate of drug-likeness (QED) is 0.517. The van der Waals surface area contributed by atoms with Crippen LogP contribution in [-0.2, 0) is 11.6 Å². The highest BCUT2D eigenvalue weighted by atomic mass is 19.4. The maximum atomic E-state index is 13.1. The Morgan fingerprint density at radius 2 is 1.71 bits per heavy atom. The molecule has 0 spiro atoms. The van der Waals surface area contributed by atoms with Gasteiger partial charge in [0.05, 0.1) is 12.2 Å². The average molecular weight is 431 g/mol. The minimum Gasteiger partial charge on any atom is -0.462 e. The van der Waals surface area contributed by atoms with Crippen molar-refractivity contribution in [3.63, 3.8) is 0 Å². The lowest BCUT2D eigenvalue weighted by atomic mass is 9.87. The highest BCUT2D eigenvalue weighted by molar-refractivity contribution is 5.97. The van der Waals surface area contributed by atoms with Crippen molar-refractivity contribution < 1.29 is 22.7 Å². The summed E-state index contributed by atoms with van der Waals surface area (Å²) in [4.78, 5) is 17.4. The normalized spacial score (nSPS) is 12.1. The van der Waals surface area contributed by atoms with Gasteiger partial charge in [-0.25, -0.2) is 0 Å². The number of carbonyl (C=O) groups is 1. The molecule has 0 amide bonds. The standard InChI is InChI=1S/C23H24F3N3O2/c1-5-13-31-21-27-19(15-9-11-17(12-10-15)22(2,3)4)29(28-21)20(30)16-7-6-8-18(14-16)23(24,25)26/h6-12,14H,5,13H2,1-4H3. The van der Waals surface area contributed by atoms with Gasteiger partial charge in [0.25, 0.3) is 5.91 Å². The Hall–Kier alpha value is -3.16. The van der Waals surface area contributed by atoms with Crippen LogP contribution in [0.1, 0.15) is 55.6 Å². The van der Waals surface area contributed by atoms with Gasteiger partial charge >= 0.3 is 12.2 Å². The summed E-state index contributed by atoms with van der Waals surface area (Å²) in [6, 6.07) is 11.7. The van der Waals surface area contributed by atoms with E-state index in [-0.39, 0.29) is 22.8 Å². The van der Waals surface area contributed by atoms with Crippen molar-refractivity contribution in [2.75, 3.05) is 6.61 Å². The second kappa shape index (κ2) is 8.53. The zero-order chi connectivity index (χ0) is 22.8. The van der Waals surface area contributed by atoms with Gasteiger partial charge in [-0.1, -0.05) is 58.0 Å². The minimum absolute atomic E-state index is 0.00271. The van der Waals surface area contributed by atoms with Crippen LogP contribution in [0, 0.1) is 0 Å². The first-order valence-corrected chi connectivity index (χ1v) is 9.93. The van der Waals surface area contributed by atoms with Crippen LogP contribution < -0.4 is 4.74 Å². The lowest BCUT2D eigenvalue weighted by Crippen LogP contribution is -2.17. The highest BCUT2D eigenvalue weighted by Crippen LogP contribution is 2.30. The van der Waals surface area contributed by atoms with Crippen molar-refractivity contribution in [1.82, 2.24) is 14.8 Å². The number of hydrogen-bond donors (Lipinski definition) is 0. The molecule has 0 fully saturated rings. The molecule has 5 nitrogen and oxygen atoms in total. The monoisotopic (exact) mass is 431 g/mol. The molecule has 1 heterocycles. The summed E-state index contributed by atoms with van der Waals surface area (Å²) in [5.74, 6) is -0.520. The average Bonchev–Trinajstić information content (AvgIpc) is 3.15. The molecular formula is C23H24F3N3O2. The van der Waals surface area contributed by atoms with E-state index in [1.807, 2.05) is 31.2 Å². The van der Waals surface area contributed by atoms with Crippen molar-refractivity contribution in [3.8, 4) is 17.4 Å². The summed E-state index contributed by atoms with van der Waals surface area (Å²) in [5.41, 5.74) is 0.586. The molecule has 0 aliphatic heterocycles. The van der Waals surface area contributed by atoms with Crippen LogP contribution in [-0.4, -0.2) is 27.3 Å². The zero-order valence-electron chi connectivity index (χ0n) is 17.8. The maximum absolute atomic E-state index is 13.1. The summed E-state index contributed by atoms with van der Waals surface area (Å²) in [5, 5.41) is 4.12. The molecule has 3 rings (SSSR count). The van der Waals surface area contributed by atoms with Gasteiger partial charge in [0, 0.05) is 11.1 Å². The van der Waals surface area contributed by atoms with Crippen LogP contribution in [0.25, 0.3) is 11.4 Å². The first kappa shape index (κ1) is 22.5. The molecule has 8 heteroatoms. The molecule has 1 aromatic heterocycles. The molecule has 31 heavy (non-hydrogen) atoms. The molecule has 3 aromatic rings. The number of benzene rings is 2. The molecule has 164 valence electrons. The van der Waals surface area contributed by atoms with E-state index in [4.69, 9.17) is 4.74 Å². The first-order chi connectivity index (χ1) is 14.5. The molecule has 0 aliphatic rings. The van der Waals surface area contributed by atoms with Crippen LogP contribution in [0.2, 0.25) is 0 Å². The summed E-state index contributed by atoms with van der Waals surface area (Å²) >= 11 is 0. The summed E-state index contributed by atoms with van der Waals surface area (Å²) in [6.07, 6.45) is -3.84.